The van der Waals surface area contributed by atoms with Crippen molar-refractivity contribution in [1.82, 2.24) is 14.8 Å². The lowest BCUT2D eigenvalue weighted by Gasteiger charge is -2.22. The van der Waals surface area contributed by atoms with Crippen LogP contribution in [0.15, 0.2) is 9.95 Å². The predicted octanol–water partition coefficient (Wildman–Crippen LogP) is 0.982. The summed E-state index contributed by atoms with van der Waals surface area (Å²) >= 11 is 1.02. The zero-order chi connectivity index (χ0) is 14.4. The molecule has 0 fully saturated rings. The van der Waals surface area contributed by atoms with Gasteiger partial charge in [-0.15, -0.1) is 5.10 Å². The minimum absolute atomic E-state index is 0.135. The highest BCUT2D eigenvalue weighted by Gasteiger charge is 2.22. The lowest BCUT2D eigenvalue weighted by Crippen LogP contribution is -2.30. The highest BCUT2D eigenvalue weighted by atomic mass is 32.2. The van der Waals surface area contributed by atoms with E-state index in [1.165, 1.54) is 4.57 Å². The van der Waals surface area contributed by atoms with E-state index < -0.39 is 5.97 Å². The van der Waals surface area contributed by atoms with E-state index in [9.17, 15) is 9.59 Å². The van der Waals surface area contributed by atoms with E-state index in [0.29, 0.717) is 18.4 Å². The van der Waals surface area contributed by atoms with E-state index in [1.54, 1.807) is 0 Å². The number of carbonyl (C=O) groups is 1. The fourth-order valence-corrected chi connectivity index (χ4v) is 2.33. The molecule has 1 unspecified atom stereocenters. The second-order valence-electron chi connectivity index (χ2n) is 4.33. The second-order valence-corrected chi connectivity index (χ2v) is 5.28. The molecular formula is C11H19N3O4S. The van der Waals surface area contributed by atoms with Crippen LogP contribution >= 0.6 is 11.8 Å². The maximum Gasteiger partial charge on any atom is 0.344 e. The number of aliphatic carboxylic acids is 1. The molecule has 108 valence electrons. The van der Waals surface area contributed by atoms with Crippen molar-refractivity contribution in [3.8, 4) is 0 Å². The summed E-state index contributed by atoms with van der Waals surface area (Å²) in [6.45, 7) is 6.81. The van der Waals surface area contributed by atoms with Crippen molar-refractivity contribution >= 4 is 17.7 Å². The van der Waals surface area contributed by atoms with Gasteiger partial charge in [-0.3, -0.25) is 9.36 Å². The third-order valence-corrected chi connectivity index (χ3v) is 3.53. The molecule has 0 bridgehead atoms. The molecule has 1 atom stereocenters. The highest BCUT2D eigenvalue weighted by molar-refractivity contribution is 7.99. The number of hydrogen-bond donors (Lipinski definition) is 2. The SMILES string of the molecule is CCOCC(C(C)C)n1c(SCC(=O)O)n[nH]c1=O. The first-order valence-corrected chi connectivity index (χ1v) is 7.05. The Morgan fingerprint density at radius 3 is 2.79 bits per heavy atom. The zero-order valence-electron chi connectivity index (χ0n) is 11.3. The molecule has 1 aromatic heterocycles. The average molecular weight is 289 g/mol. The quantitative estimate of drug-likeness (QED) is 0.692. The number of nitrogens with zero attached hydrogens (tertiary/aromatic N) is 2. The van der Waals surface area contributed by atoms with Gasteiger partial charge < -0.3 is 9.84 Å². The number of ether oxygens (including phenoxy) is 1. The minimum Gasteiger partial charge on any atom is -0.481 e. The summed E-state index contributed by atoms with van der Waals surface area (Å²) in [7, 11) is 0. The van der Waals surface area contributed by atoms with Gasteiger partial charge >= 0.3 is 11.7 Å². The first-order chi connectivity index (χ1) is 8.97. The topological polar surface area (TPSA) is 97.2 Å². The molecule has 0 aromatic carbocycles. The Labute approximate surface area is 115 Å². The van der Waals surface area contributed by atoms with Gasteiger partial charge in [-0.1, -0.05) is 25.6 Å². The maximum absolute atomic E-state index is 11.8. The Kier molecular flexibility index (Phi) is 6.10. The number of rotatable bonds is 8. The van der Waals surface area contributed by atoms with Gasteiger partial charge in [0.05, 0.1) is 18.4 Å². The Hall–Kier alpha value is -1.28. The van der Waals surface area contributed by atoms with Gasteiger partial charge in [0.1, 0.15) is 0 Å². The van der Waals surface area contributed by atoms with Crippen molar-refractivity contribution in [1.29, 1.82) is 0 Å². The Morgan fingerprint density at radius 2 is 2.26 bits per heavy atom. The lowest BCUT2D eigenvalue weighted by molar-refractivity contribution is -0.133. The van der Waals surface area contributed by atoms with Crippen LogP contribution in [-0.2, 0) is 9.53 Å². The largest absolute Gasteiger partial charge is 0.481 e. The number of H-pyrrole nitrogens is 1. The van der Waals surface area contributed by atoms with Gasteiger partial charge in [0, 0.05) is 6.61 Å². The van der Waals surface area contributed by atoms with Gasteiger partial charge in [0.2, 0.25) is 0 Å². The fourth-order valence-electron chi connectivity index (χ4n) is 1.61. The van der Waals surface area contributed by atoms with Crippen molar-refractivity contribution in [2.75, 3.05) is 19.0 Å². The molecule has 0 amide bonds. The lowest BCUT2D eigenvalue weighted by atomic mass is 10.1. The smallest absolute Gasteiger partial charge is 0.344 e. The highest BCUT2D eigenvalue weighted by Crippen LogP contribution is 2.22. The van der Waals surface area contributed by atoms with E-state index in [0.717, 1.165) is 11.8 Å². The number of nitrogens with one attached hydrogen (secondary N) is 1. The molecule has 0 saturated carbocycles. The van der Waals surface area contributed by atoms with Crippen LogP contribution in [-0.4, -0.2) is 44.8 Å². The van der Waals surface area contributed by atoms with E-state index in [4.69, 9.17) is 9.84 Å². The molecule has 0 saturated heterocycles. The standard InChI is InChI=1S/C11H19N3O4S/c1-4-18-5-8(7(2)3)14-10(17)12-13-11(14)19-6-9(15)16/h7-8H,4-6H2,1-3H3,(H,12,17)(H,15,16). The van der Waals surface area contributed by atoms with Gasteiger partial charge in [0.25, 0.3) is 0 Å². The summed E-state index contributed by atoms with van der Waals surface area (Å²) in [5.74, 6) is -0.909. The third-order valence-electron chi connectivity index (χ3n) is 2.59. The Morgan fingerprint density at radius 1 is 1.58 bits per heavy atom. The number of aromatic amines is 1. The summed E-state index contributed by atoms with van der Waals surface area (Å²) in [6, 6.07) is -0.164. The monoisotopic (exact) mass is 289 g/mol. The molecule has 1 rings (SSSR count). The second kappa shape index (κ2) is 7.34. The summed E-state index contributed by atoms with van der Waals surface area (Å²) < 4.78 is 6.87. The van der Waals surface area contributed by atoms with Crippen molar-refractivity contribution < 1.29 is 14.6 Å². The summed E-state index contributed by atoms with van der Waals surface area (Å²) in [4.78, 5) is 22.4. The van der Waals surface area contributed by atoms with Crippen molar-refractivity contribution in [2.24, 2.45) is 5.92 Å². The van der Waals surface area contributed by atoms with E-state index >= 15 is 0 Å². The summed E-state index contributed by atoms with van der Waals surface area (Å²) in [5.41, 5.74) is -0.341. The van der Waals surface area contributed by atoms with Crippen LogP contribution in [0.25, 0.3) is 0 Å². The van der Waals surface area contributed by atoms with Crippen LogP contribution in [0.3, 0.4) is 0 Å². The number of carboxylic acids is 1. The van der Waals surface area contributed by atoms with Crippen LogP contribution in [0.2, 0.25) is 0 Å². The first kappa shape index (κ1) is 15.8. The Bertz CT molecular complexity index is 469. The fraction of sp³-hybridized carbons (Fsp3) is 0.727. The number of aromatic nitrogens is 3. The normalized spacial score (nSPS) is 12.8. The molecule has 2 N–H and O–H groups in total. The summed E-state index contributed by atoms with van der Waals surface area (Å²) in [6.07, 6.45) is 0. The number of carboxylic acid groups (broad SMARTS) is 1. The van der Waals surface area contributed by atoms with Crippen LogP contribution in [0.1, 0.15) is 26.8 Å². The molecular weight excluding hydrogens is 270 g/mol. The van der Waals surface area contributed by atoms with Crippen LogP contribution < -0.4 is 5.69 Å². The van der Waals surface area contributed by atoms with E-state index in [-0.39, 0.29) is 23.4 Å². The van der Waals surface area contributed by atoms with Crippen LogP contribution in [0.4, 0.5) is 0 Å². The maximum atomic E-state index is 11.8. The van der Waals surface area contributed by atoms with Gasteiger partial charge in [0.15, 0.2) is 5.16 Å². The molecule has 0 aliphatic heterocycles. The molecule has 7 nitrogen and oxygen atoms in total. The van der Waals surface area contributed by atoms with E-state index in [1.807, 2.05) is 20.8 Å². The molecule has 1 aromatic rings. The molecule has 0 spiro atoms. The van der Waals surface area contributed by atoms with Gasteiger partial charge in [-0.05, 0) is 12.8 Å². The van der Waals surface area contributed by atoms with Gasteiger partial charge in [-0.2, -0.15) is 0 Å². The molecule has 1 heterocycles. The minimum atomic E-state index is -0.946. The van der Waals surface area contributed by atoms with Crippen molar-refractivity contribution in [2.45, 2.75) is 32.0 Å². The molecule has 0 aliphatic rings. The number of thioether (sulfide) groups is 1. The van der Waals surface area contributed by atoms with Crippen molar-refractivity contribution in [3.63, 3.8) is 0 Å². The zero-order valence-corrected chi connectivity index (χ0v) is 12.1. The van der Waals surface area contributed by atoms with E-state index in [2.05, 4.69) is 10.2 Å². The predicted molar refractivity (Wildman–Crippen MR) is 71.6 cm³/mol. The first-order valence-electron chi connectivity index (χ1n) is 6.06. The molecule has 19 heavy (non-hydrogen) atoms. The van der Waals surface area contributed by atoms with Gasteiger partial charge in [-0.25, -0.2) is 9.89 Å². The van der Waals surface area contributed by atoms with Crippen molar-refractivity contribution in [3.05, 3.63) is 10.5 Å². The van der Waals surface area contributed by atoms with Crippen LogP contribution in [0, 0.1) is 5.92 Å². The molecule has 0 aliphatic carbocycles. The molecule has 0 radical (unpaired) electrons. The average Bonchev–Trinajstić information content (AvgIpc) is 2.69. The summed E-state index contributed by atoms with van der Waals surface area (Å²) in [5, 5.41) is 15.3. The Balaban J connectivity index is 2.97. The van der Waals surface area contributed by atoms with Crippen LogP contribution in [0.5, 0.6) is 0 Å². The number of hydrogen-bond acceptors (Lipinski definition) is 5. The molecule has 8 heteroatoms. The third kappa shape index (κ3) is 4.39.